The highest BCUT2D eigenvalue weighted by Crippen LogP contribution is 2.31. The molecule has 72 valence electrons. The van der Waals surface area contributed by atoms with E-state index in [0.717, 1.165) is 26.4 Å². The summed E-state index contributed by atoms with van der Waals surface area (Å²) in [5.41, 5.74) is 0.854. The van der Waals surface area contributed by atoms with E-state index in [9.17, 15) is 4.79 Å². The summed E-state index contributed by atoms with van der Waals surface area (Å²) >= 11 is 4.77. The normalized spacial score (nSPS) is 10.7. The summed E-state index contributed by atoms with van der Waals surface area (Å²) in [5.74, 6) is 0. The van der Waals surface area contributed by atoms with Crippen LogP contribution in [0.2, 0.25) is 0 Å². The molecule has 0 aliphatic rings. The maximum Gasteiger partial charge on any atom is 0.160 e. The number of aliphatic hydroxyl groups excluding tert-OH is 1. The van der Waals surface area contributed by atoms with Crippen molar-refractivity contribution >= 4 is 43.6 Å². The van der Waals surface area contributed by atoms with Crippen LogP contribution >= 0.6 is 27.3 Å². The third-order valence-corrected chi connectivity index (χ3v) is 3.57. The minimum atomic E-state index is -0.00521. The first-order valence-electron chi connectivity index (χ1n) is 4.02. The Hall–Kier alpha value is -0.710. The maximum atomic E-state index is 10.6. The molecule has 0 aliphatic heterocycles. The predicted octanol–water partition coefficient (Wildman–Crippen LogP) is 2.97. The van der Waals surface area contributed by atoms with Gasteiger partial charge < -0.3 is 5.11 Å². The summed E-state index contributed by atoms with van der Waals surface area (Å²) in [7, 11) is 0. The van der Waals surface area contributed by atoms with Gasteiger partial charge in [-0.15, -0.1) is 11.3 Å². The molecule has 0 fully saturated rings. The van der Waals surface area contributed by atoms with Crippen LogP contribution in [-0.2, 0) is 6.61 Å². The average Bonchev–Trinajstić information content (AvgIpc) is 2.59. The molecule has 1 N–H and O–H groups in total. The number of carbonyl (C=O) groups is 1. The van der Waals surface area contributed by atoms with Crippen LogP contribution in [-0.4, -0.2) is 11.4 Å². The largest absolute Gasteiger partial charge is 0.392 e. The Labute approximate surface area is 93.3 Å². The van der Waals surface area contributed by atoms with E-state index in [1.54, 1.807) is 0 Å². The van der Waals surface area contributed by atoms with Crippen LogP contribution in [0.5, 0.6) is 0 Å². The van der Waals surface area contributed by atoms with E-state index in [4.69, 9.17) is 5.11 Å². The fourth-order valence-corrected chi connectivity index (χ4v) is 2.86. The van der Waals surface area contributed by atoms with E-state index in [2.05, 4.69) is 15.9 Å². The lowest BCUT2D eigenvalue weighted by Crippen LogP contribution is -1.82. The molecule has 0 bridgehead atoms. The molecule has 0 saturated heterocycles. The van der Waals surface area contributed by atoms with Gasteiger partial charge >= 0.3 is 0 Å². The second-order valence-corrected chi connectivity index (χ2v) is 4.91. The number of hydrogen-bond acceptors (Lipinski definition) is 3. The van der Waals surface area contributed by atoms with E-state index in [1.807, 2.05) is 18.2 Å². The van der Waals surface area contributed by atoms with Gasteiger partial charge in [0.1, 0.15) is 0 Å². The summed E-state index contributed by atoms with van der Waals surface area (Å²) in [6, 6.07) is 5.64. The molecule has 0 spiro atoms. The minimum absolute atomic E-state index is 0.00521. The summed E-state index contributed by atoms with van der Waals surface area (Å²) < 4.78 is 1.90. The Morgan fingerprint density at radius 2 is 2.21 bits per heavy atom. The van der Waals surface area contributed by atoms with Gasteiger partial charge in [0, 0.05) is 9.17 Å². The second-order valence-electron chi connectivity index (χ2n) is 2.91. The van der Waals surface area contributed by atoms with Crippen molar-refractivity contribution in [3.8, 4) is 0 Å². The van der Waals surface area contributed by atoms with Crippen molar-refractivity contribution < 1.29 is 9.90 Å². The Balaban J connectivity index is 2.77. The molecule has 14 heavy (non-hydrogen) atoms. The molecule has 1 aromatic carbocycles. The molecule has 1 aromatic heterocycles. The van der Waals surface area contributed by atoms with Crippen LogP contribution in [0.1, 0.15) is 15.2 Å². The van der Waals surface area contributed by atoms with Crippen LogP contribution in [0, 0.1) is 0 Å². The highest BCUT2D eigenvalue weighted by atomic mass is 79.9. The number of carbonyl (C=O) groups excluding carboxylic acids is 1. The molecule has 0 radical (unpaired) electrons. The summed E-state index contributed by atoms with van der Waals surface area (Å²) in [5, 5.41) is 10.1. The molecule has 2 aromatic rings. The first kappa shape index (κ1) is 9.83. The van der Waals surface area contributed by atoms with Gasteiger partial charge in [0.05, 0.1) is 11.5 Å². The van der Waals surface area contributed by atoms with Crippen molar-refractivity contribution in [3.63, 3.8) is 0 Å². The predicted molar refractivity (Wildman–Crippen MR) is 60.8 cm³/mol. The molecule has 0 aliphatic carbocycles. The Morgan fingerprint density at radius 1 is 1.43 bits per heavy atom. The van der Waals surface area contributed by atoms with Crippen molar-refractivity contribution in [2.24, 2.45) is 0 Å². The second kappa shape index (κ2) is 3.81. The fraction of sp³-hybridized carbons (Fsp3) is 0.100. The third kappa shape index (κ3) is 1.61. The van der Waals surface area contributed by atoms with Crippen LogP contribution in [0.15, 0.2) is 22.7 Å². The van der Waals surface area contributed by atoms with Gasteiger partial charge in [-0.3, -0.25) is 4.79 Å². The Kier molecular flexibility index (Phi) is 2.67. The van der Waals surface area contributed by atoms with Crippen LogP contribution in [0.3, 0.4) is 0 Å². The SMILES string of the molecule is O=Cc1cc2cc(Br)cc(CO)c2s1. The van der Waals surface area contributed by atoms with Crippen molar-refractivity contribution in [3.05, 3.63) is 33.1 Å². The molecule has 0 amide bonds. The minimum Gasteiger partial charge on any atom is -0.392 e. The zero-order chi connectivity index (χ0) is 10.1. The van der Waals surface area contributed by atoms with E-state index in [0.29, 0.717) is 4.88 Å². The van der Waals surface area contributed by atoms with E-state index in [-0.39, 0.29) is 6.61 Å². The third-order valence-electron chi connectivity index (χ3n) is 1.96. The lowest BCUT2D eigenvalue weighted by molar-refractivity contribution is 0.112. The van der Waals surface area contributed by atoms with Crippen LogP contribution in [0.25, 0.3) is 10.1 Å². The average molecular weight is 271 g/mol. The number of hydrogen-bond donors (Lipinski definition) is 1. The van der Waals surface area contributed by atoms with Crippen molar-refractivity contribution in [2.45, 2.75) is 6.61 Å². The van der Waals surface area contributed by atoms with Gasteiger partial charge in [0.25, 0.3) is 0 Å². The molecule has 0 unspecified atom stereocenters. The number of thiophene rings is 1. The van der Waals surface area contributed by atoms with Gasteiger partial charge in [-0.2, -0.15) is 0 Å². The Morgan fingerprint density at radius 3 is 2.86 bits per heavy atom. The zero-order valence-electron chi connectivity index (χ0n) is 7.16. The quantitative estimate of drug-likeness (QED) is 0.852. The first-order valence-corrected chi connectivity index (χ1v) is 5.63. The zero-order valence-corrected chi connectivity index (χ0v) is 9.56. The highest BCUT2D eigenvalue weighted by Gasteiger charge is 2.06. The van der Waals surface area contributed by atoms with Crippen LogP contribution < -0.4 is 0 Å². The molecular weight excluding hydrogens is 264 g/mol. The monoisotopic (exact) mass is 270 g/mol. The number of fused-ring (bicyclic) bond motifs is 1. The van der Waals surface area contributed by atoms with E-state index < -0.39 is 0 Å². The summed E-state index contributed by atoms with van der Waals surface area (Å²) in [6.07, 6.45) is 0.833. The topological polar surface area (TPSA) is 37.3 Å². The number of halogens is 1. The molecule has 1 heterocycles. The van der Waals surface area contributed by atoms with Gasteiger partial charge in [-0.1, -0.05) is 15.9 Å². The number of aldehydes is 1. The molecule has 0 saturated carbocycles. The van der Waals surface area contributed by atoms with Crippen molar-refractivity contribution in [1.29, 1.82) is 0 Å². The lowest BCUT2D eigenvalue weighted by atomic mass is 10.2. The summed E-state index contributed by atoms with van der Waals surface area (Å²) in [6.45, 7) is -0.00521. The molecule has 0 atom stereocenters. The van der Waals surface area contributed by atoms with Gasteiger partial charge in [0.2, 0.25) is 0 Å². The van der Waals surface area contributed by atoms with E-state index >= 15 is 0 Å². The molecule has 2 rings (SSSR count). The number of rotatable bonds is 2. The van der Waals surface area contributed by atoms with Crippen LogP contribution in [0.4, 0.5) is 0 Å². The molecular formula is C10H7BrO2S. The van der Waals surface area contributed by atoms with Crippen molar-refractivity contribution in [1.82, 2.24) is 0 Å². The summed E-state index contributed by atoms with van der Waals surface area (Å²) in [4.78, 5) is 11.3. The lowest BCUT2D eigenvalue weighted by Gasteiger charge is -1.99. The maximum absolute atomic E-state index is 10.6. The van der Waals surface area contributed by atoms with E-state index in [1.165, 1.54) is 11.3 Å². The van der Waals surface area contributed by atoms with Gasteiger partial charge in [-0.05, 0) is 29.1 Å². The van der Waals surface area contributed by atoms with Gasteiger partial charge in [0.15, 0.2) is 6.29 Å². The number of aliphatic hydroxyl groups is 1. The molecule has 4 heteroatoms. The van der Waals surface area contributed by atoms with Crippen molar-refractivity contribution in [2.75, 3.05) is 0 Å². The molecule has 2 nitrogen and oxygen atoms in total. The number of benzene rings is 1. The highest BCUT2D eigenvalue weighted by molar-refractivity contribution is 9.10. The fourth-order valence-electron chi connectivity index (χ4n) is 1.38. The smallest absolute Gasteiger partial charge is 0.160 e. The first-order chi connectivity index (χ1) is 6.74. The Bertz CT molecular complexity index is 490. The standard InChI is InChI=1S/C10H7BrO2S/c11-8-1-6-3-9(5-13)14-10(6)7(2-8)4-12/h1-3,5,12H,4H2. The van der Waals surface area contributed by atoms with Gasteiger partial charge in [-0.25, -0.2) is 0 Å².